The quantitative estimate of drug-likeness (QED) is 0.659. The van der Waals surface area contributed by atoms with E-state index in [2.05, 4.69) is 12.2 Å². The van der Waals surface area contributed by atoms with Gasteiger partial charge in [-0.15, -0.1) is 0 Å². The van der Waals surface area contributed by atoms with Crippen molar-refractivity contribution in [2.75, 3.05) is 26.7 Å². The number of nitrogens with zero attached hydrogens (tertiary/aromatic N) is 1. The molecule has 1 aromatic rings. The number of hydrogen-bond acceptors (Lipinski definition) is 3. The average molecular weight is 318 g/mol. The van der Waals surface area contributed by atoms with E-state index in [9.17, 15) is 18.0 Å². The van der Waals surface area contributed by atoms with Gasteiger partial charge in [-0.3, -0.25) is 4.79 Å². The van der Waals surface area contributed by atoms with Gasteiger partial charge in [-0.1, -0.05) is 13.3 Å². The van der Waals surface area contributed by atoms with Gasteiger partial charge in [0.25, 0.3) is 5.91 Å². The highest BCUT2D eigenvalue weighted by molar-refractivity contribution is 5.95. The van der Waals surface area contributed by atoms with Gasteiger partial charge in [0.2, 0.25) is 0 Å². The van der Waals surface area contributed by atoms with E-state index in [1.807, 2.05) is 7.05 Å². The van der Waals surface area contributed by atoms with Gasteiger partial charge in [0, 0.05) is 13.1 Å². The summed E-state index contributed by atoms with van der Waals surface area (Å²) in [4.78, 5) is 12.7. The Labute approximate surface area is 127 Å². The lowest BCUT2D eigenvalue weighted by molar-refractivity contribution is 0.00552. The lowest BCUT2D eigenvalue weighted by Gasteiger charge is -2.35. The first-order valence-electron chi connectivity index (χ1n) is 7.17. The van der Waals surface area contributed by atoms with Crippen LogP contribution in [-0.2, 0) is 0 Å². The lowest BCUT2D eigenvalue weighted by atomic mass is 10.1. The topological polar surface area (TPSA) is 52.6 Å². The number of likely N-dealkylation sites (tertiary alicyclic amines) is 1. The predicted octanol–water partition coefficient (Wildman–Crippen LogP) is 1.93. The van der Waals surface area contributed by atoms with E-state index in [0.717, 1.165) is 17.5 Å². The summed E-state index contributed by atoms with van der Waals surface area (Å²) in [6, 6.07) is 1.59. The predicted molar refractivity (Wildman–Crippen MR) is 77.1 cm³/mol. The molecule has 124 valence electrons. The first kappa shape index (κ1) is 18.4. The smallest absolute Gasteiger partial charge is 0.257 e. The summed E-state index contributed by atoms with van der Waals surface area (Å²) in [6.45, 7) is 3.52. The molecule has 7 heteroatoms. The molecule has 0 radical (unpaired) electrons. The molecule has 0 atom stereocenters. The SMILES string of the molecule is CCCCNC.O=C(c1ccc(F)c(F)c1F)N1CC(O)C1. The second-order valence-electron chi connectivity index (χ2n) is 5.04. The van der Waals surface area contributed by atoms with Crippen molar-refractivity contribution in [1.29, 1.82) is 0 Å². The Balaban J connectivity index is 0.000000346. The Bertz CT molecular complexity index is 502. The van der Waals surface area contributed by atoms with Crippen molar-refractivity contribution >= 4 is 5.91 Å². The number of hydrogen-bond donors (Lipinski definition) is 2. The van der Waals surface area contributed by atoms with Crippen molar-refractivity contribution < 1.29 is 23.1 Å². The van der Waals surface area contributed by atoms with Crippen LogP contribution in [0.2, 0.25) is 0 Å². The fraction of sp³-hybridized carbons (Fsp3) is 0.533. The number of β-amino-alcohol motifs (C(OH)–C–C–N with tert-alkyl or cyclic N) is 1. The Morgan fingerprint density at radius 3 is 2.41 bits per heavy atom. The molecule has 1 aromatic carbocycles. The minimum atomic E-state index is -1.66. The zero-order valence-corrected chi connectivity index (χ0v) is 12.7. The maximum Gasteiger partial charge on any atom is 0.257 e. The Hall–Kier alpha value is -1.60. The van der Waals surface area contributed by atoms with Gasteiger partial charge in [-0.2, -0.15) is 0 Å². The number of amides is 1. The van der Waals surface area contributed by atoms with Crippen molar-refractivity contribution in [3.05, 3.63) is 35.1 Å². The number of carbonyl (C=O) groups excluding carboxylic acids is 1. The average Bonchev–Trinajstić information content (AvgIpc) is 2.47. The zero-order valence-electron chi connectivity index (χ0n) is 12.7. The molecule has 4 nitrogen and oxygen atoms in total. The number of rotatable bonds is 4. The Kier molecular flexibility index (Phi) is 7.34. The van der Waals surface area contributed by atoms with Crippen LogP contribution in [0.5, 0.6) is 0 Å². The summed E-state index contributed by atoms with van der Waals surface area (Å²) in [6.07, 6.45) is 1.97. The standard InChI is InChI=1S/C10H8F3NO2.C5H13N/c11-7-2-1-6(8(12)9(7)13)10(16)14-3-5(15)4-14;1-3-4-5-6-2/h1-2,5,15H,3-4H2;6H,3-5H2,1-2H3. The molecule has 22 heavy (non-hydrogen) atoms. The Morgan fingerprint density at radius 1 is 1.32 bits per heavy atom. The molecule has 2 rings (SSSR count). The summed E-state index contributed by atoms with van der Waals surface area (Å²) in [7, 11) is 1.98. The lowest BCUT2D eigenvalue weighted by Crippen LogP contribution is -2.53. The molecule has 1 saturated heterocycles. The fourth-order valence-electron chi connectivity index (χ4n) is 1.84. The third kappa shape index (κ3) is 4.71. The third-order valence-corrected chi connectivity index (χ3v) is 3.20. The molecule has 1 heterocycles. The molecule has 0 unspecified atom stereocenters. The molecule has 0 aliphatic carbocycles. The van der Waals surface area contributed by atoms with Gasteiger partial charge in [0.1, 0.15) is 0 Å². The van der Waals surface area contributed by atoms with E-state index in [-0.39, 0.29) is 13.1 Å². The molecule has 0 saturated carbocycles. The van der Waals surface area contributed by atoms with Crippen molar-refractivity contribution in [1.82, 2.24) is 10.2 Å². The highest BCUT2D eigenvalue weighted by Crippen LogP contribution is 2.19. The van der Waals surface area contributed by atoms with Crippen LogP contribution >= 0.6 is 0 Å². The van der Waals surface area contributed by atoms with Gasteiger partial charge in [0.15, 0.2) is 17.5 Å². The highest BCUT2D eigenvalue weighted by Gasteiger charge is 2.31. The number of aliphatic hydroxyl groups excluding tert-OH is 1. The number of aliphatic hydroxyl groups is 1. The van der Waals surface area contributed by atoms with Crippen LogP contribution < -0.4 is 5.32 Å². The van der Waals surface area contributed by atoms with Crippen LogP contribution in [0.3, 0.4) is 0 Å². The molecular weight excluding hydrogens is 297 g/mol. The van der Waals surface area contributed by atoms with E-state index in [0.29, 0.717) is 6.07 Å². The maximum atomic E-state index is 13.2. The molecule has 1 fully saturated rings. The van der Waals surface area contributed by atoms with Crippen LogP contribution in [0.4, 0.5) is 13.2 Å². The second kappa shape index (κ2) is 8.75. The van der Waals surface area contributed by atoms with E-state index >= 15 is 0 Å². The number of halogens is 3. The summed E-state index contributed by atoms with van der Waals surface area (Å²) in [5.74, 6) is -5.24. The molecule has 1 aliphatic heterocycles. The Morgan fingerprint density at radius 2 is 1.95 bits per heavy atom. The van der Waals surface area contributed by atoms with E-state index in [1.165, 1.54) is 12.8 Å². The largest absolute Gasteiger partial charge is 0.389 e. The first-order valence-corrected chi connectivity index (χ1v) is 7.17. The summed E-state index contributed by atoms with van der Waals surface area (Å²) < 4.78 is 38.7. The molecule has 1 amide bonds. The minimum absolute atomic E-state index is 0.0806. The normalized spacial score (nSPS) is 14.2. The molecule has 0 spiro atoms. The van der Waals surface area contributed by atoms with Crippen LogP contribution in [0.25, 0.3) is 0 Å². The van der Waals surface area contributed by atoms with Crippen molar-refractivity contribution in [2.45, 2.75) is 25.9 Å². The van der Waals surface area contributed by atoms with Gasteiger partial charge in [-0.25, -0.2) is 13.2 Å². The third-order valence-electron chi connectivity index (χ3n) is 3.20. The highest BCUT2D eigenvalue weighted by atomic mass is 19.2. The van der Waals surface area contributed by atoms with Crippen LogP contribution in [0.15, 0.2) is 12.1 Å². The fourth-order valence-corrected chi connectivity index (χ4v) is 1.84. The summed E-state index contributed by atoms with van der Waals surface area (Å²) >= 11 is 0. The second-order valence-corrected chi connectivity index (χ2v) is 5.04. The van der Waals surface area contributed by atoms with Gasteiger partial charge in [0.05, 0.1) is 11.7 Å². The molecule has 0 bridgehead atoms. The number of benzene rings is 1. The van der Waals surface area contributed by atoms with E-state index in [1.54, 1.807) is 0 Å². The summed E-state index contributed by atoms with van der Waals surface area (Å²) in [5, 5.41) is 12.0. The maximum absolute atomic E-state index is 13.2. The summed E-state index contributed by atoms with van der Waals surface area (Å²) in [5.41, 5.74) is -0.522. The van der Waals surface area contributed by atoms with E-state index < -0.39 is 35.0 Å². The zero-order chi connectivity index (χ0) is 16.7. The minimum Gasteiger partial charge on any atom is -0.389 e. The van der Waals surface area contributed by atoms with Gasteiger partial charge in [-0.05, 0) is 32.1 Å². The molecule has 2 N–H and O–H groups in total. The molecule has 1 aliphatic rings. The van der Waals surface area contributed by atoms with Crippen molar-refractivity contribution in [3.63, 3.8) is 0 Å². The number of nitrogens with one attached hydrogen (secondary N) is 1. The van der Waals surface area contributed by atoms with Crippen molar-refractivity contribution in [3.8, 4) is 0 Å². The number of unbranched alkanes of at least 4 members (excludes halogenated alkanes) is 1. The monoisotopic (exact) mass is 318 g/mol. The van der Waals surface area contributed by atoms with Crippen LogP contribution in [0, 0.1) is 17.5 Å². The number of carbonyl (C=O) groups is 1. The first-order chi connectivity index (χ1) is 10.4. The van der Waals surface area contributed by atoms with Crippen LogP contribution in [0.1, 0.15) is 30.1 Å². The van der Waals surface area contributed by atoms with Gasteiger partial charge < -0.3 is 15.3 Å². The van der Waals surface area contributed by atoms with Crippen LogP contribution in [-0.4, -0.2) is 48.7 Å². The molecule has 0 aromatic heterocycles. The molecular formula is C15H21F3N2O2. The van der Waals surface area contributed by atoms with E-state index in [4.69, 9.17) is 5.11 Å². The van der Waals surface area contributed by atoms with Crippen molar-refractivity contribution in [2.24, 2.45) is 0 Å². The van der Waals surface area contributed by atoms with Gasteiger partial charge >= 0.3 is 0 Å².